The topological polar surface area (TPSA) is 70.7 Å². The Morgan fingerprint density at radius 3 is 2.95 bits per heavy atom. The van der Waals surface area contributed by atoms with Gasteiger partial charge in [-0.25, -0.2) is 0 Å². The third-order valence-corrected chi connectivity index (χ3v) is 3.64. The van der Waals surface area contributed by atoms with Crippen LogP contribution in [0.15, 0.2) is 0 Å². The maximum atomic E-state index is 12.4. The predicted octanol–water partition coefficient (Wildman–Crippen LogP) is -0.508. The second kappa shape index (κ2) is 6.86. The maximum Gasteiger partial charge on any atom is 0.239 e. The Bertz CT molecular complexity index is 329. The summed E-state index contributed by atoms with van der Waals surface area (Å²) in [6.45, 7) is 4.64. The Hall–Kier alpha value is -1.14. The van der Waals surface area contributed by atoms with Crippen molar-refractivity contribution >= 4 is 11.8 Å². The minimum Gasteiger partial charge on any atom is -0.373 e. The number of morpholine rings is 1. The molecule has 0 spiro atoms. The van der Waals surface area contributed by atoms with E-state index in [9.17, 15) is 9.59 Å². The molecule has 2 fully saturated rings. The fraction of sp³-hybridized carbons (Fsp3) is 0.846. The molecular weight excluding hydrogens is 246 g/mol. The van der Waals surface area contributed by atoms with Gasteiger partial charge in [0.2, 0.25) is 11.8 Å². The van der Waals surface area contributed by atoms with Crippen LogP contribution < -0.4 is 10.6 Å². The fourth-order valence-corrected chi connectivity index (χ4v) is 2.58. The Labute approximate surface area is 113 Å². The van der Waals surface area contributed by atoms with Crippen molar-refractivity contribution in [2.24, 2.45) is 0 Å². The van der Waals surface area contributed by atoms with E-state index in [1.165, 1.54) is 6.92 Å². The summed E-state index contributed by atoms with van der Waals surface area (Å²) in [6, 6.07) is -0.0340. The summed E-state index contributed by atoms with van der Waals surface area (Å²) in [4.78, 5) is 25.1. The zero-order valence-electron chi connectivity index (χ0n) is 11.5. The van der Waals surface area contributed by atoms with Crippen LogP contribution in [-0.4, -0.2) is 61.6 Å². The molecule has 2 heterocycles. The molecule has 2 atom stereocenters. The number of nitrogens with zero attached hydrogens (tertiary/aromatic N) is 1. The molecular formula is C13H23N3O3. The molecule has 0 aliphatic carbocycles. The minimum atomic E-state index is -0.0924. The van der Waals surface area contributed by atoms with Crippen molar-refractivity contribution in [3.05, 3.63) is 0 Å². The third-order valence-electron chi connectivity index (χ3n) is 3.64. The zero-order valence-corrected chi connectivity index (χ0v) is 11.5. The Morgan fingerprint density at radius 1 is 1.42 bits per heavy atom. The lowest BCUT2D eigenvalue weighted by atomic mass is 10.0. The van der Waals surface area contributed by atoms with Gasteiger partial charge in [-0.1, -0.05) is 6.42 Å². The SMILES string of the molecule is CC(=O)NC[C@@H]1CN(C(=O)[C@H]2CCCCN2)CCO1. The third kappa shape index (κ3) is 4.18. The molecule has 0 bridgehead atoms. The first kappa shape index (κ1) is 14.3. The van der Waals surface area contributed by atoms with Gasteiger partial charge < -0.3 is 20.3 Å². The van der Waals surface area contributed by atoms with Crippen LogP contribution in [0.25, 0.3) is 0 Å². The van der Waals surface area contributed by atoms with Crippen molar-refractivity contribution < 1.29 is 14.3 Å². The van der Waals surface area contributed by atoms with Crippen LogP contribution in [0.2, 0.25) is 0 Å². The second-order valence-corrected chi connectivity index (χ2v) is 5.22. The molecule has 0 aromatic rings. The summed E-state index contributed by atoms with van der Waals surface area (Å²) in [5.74, 6) is 0.108. The van der Waals surface area contributed by atoms with Crippen molar-refractivity contribution in [1.82, 2.24) is 15.5 Å². The number of ether oxygens (including phenoxy) is 1. The van der Waals surface area contributed by atoms with Crippen LogP contribution in [0, 0.1) is 0 Å². The minimum absolute atomic E-state index is 0.0340. The average Bonchev–Trinajstić information content (AvgIpc) is 2.45. The van der Waals surface area contributed by atoms with Crippen molar-refractivity contribution in [2.45, 2.75) is 38.3 Å². The van der Waals surface area contributed by atoms with E-state index < -0.39 is 0 Å². The molecule has 2 aliphatic rings. The largest absolute Gasteiger partial charge is 0.373 e. The van der Waals surface area contributed by atoms with Crippen LogP contribution in [0.1, 0.15) is 26.2 Å². The summed E-state index contributed by atoms with van der Waals surface area (Å²) in [5.41, 5.74) is 0. The number of rotatable bonds is 3. The molecule has 0 unspecified atom stereocenters. The molecule has 2 aliphatic heterocycles. The summed E-state index contributed by atoms with van der Waals surface area (Å²) in [7, 11) is 0. The number of carbonyl (C=O) groups is 2. The molecule has 0 aromatic carbocycles. The van der Waals surface area contributed by atoms with Crippen LogP contribution in [0.5, 0.6) is 0 Å². The quantitative estimate of drug-likeness (QED) is 0.724. The monoisotopic (exact) mass is 269 g/mol. The number of amides is 2. The van der Waals surface area contributed by atoms with E-state index in [0.717, 1.165) is 25.8 Å². The summed E-state index contributed by atoms with van der Waals surface area (Å²) in [6.07, 6.45) is 3.10. The van der Waals surface area contributed by atoms with Gasteiger partial charge in [-0.3, -0.25) is 9.59 Å². The Balaban J connectivity index is 1.82. The molecule has 2 rings (SSSR count). The number of hydrogen-bond acceptors (Lipinski definition) is 4. The molecule has 6 heteroatoms. The van der Waals surface area contributed by atoms with Gasteiger partial charge in [-0.15, -0.1) is 0 Å². The lowest BCUT2D eigenvalue weighted by Crippen LogP contribution is -2.55. The van der Waals surface area contributed by atoms with Gasteiger partial charge in [0, 0.05) is 26.6 Å². The summed E-state index contributed by atoms with van der Waals surface area (Å²) >= 11 is 0. The van der Waals surface area contributed by atoms with E-state index in [-0.39, 0.29) is 24.0 Å². The standard InChI is InChI=1S/C13H23N3O3/c1-10(17)15-8-11-9-16(6-7-19-11)13(18)12-4-2-3-5-14-12/h11-12,14H,2-9H2,1H3,(H,15,17)/t11-,12-/m1/s1. The highest BCUT2D eigenvalue weighted by Gasteiger charge is 2.29. The lowest BCUT2D eigenvalue weighted by molar-refractivity contribution is -0.141. The highest BCUT2D eigenvalue weighted by molar-refractivity contribution is 5.82. The molecule has 19 heavy (non-hydrogen) atoms. The van der Waals surface area contributed by atoms with Crippen molar-refractivity contribution in [3.63, 3.8) is 0 Å². The van der Waals surface area contributed by atoms with Gasteiger partial charge in [0.15, 0.2) is 0 Å². The molecule has 0 aromatic heterocycles. The smallest absolute Gasteiger partial charge is 0.239 e. The van der Waals surface area contributed by atoms with Crippen LogP contribution in [0.3, 0.4) is 0 Å². The average molecular weight is 269 g/mol. The molecule has 2 saturated heterocycles. The van der Waals surface area contributed by atoms with Gasteiger partial charge in [0.05, 0.1) is 18.8 Å². The van der Waals surface area contributed by atoms with E-state index in [1.54, 1.807) is 0 Å². The zero-order chi connectivity index (χ0) is 13.7. The van der Waals surface area contributed by atoms with Crippen LogP contribution in [0.4, 0.5) is 0 Å². The van der Waals surface area contributed by atoms with Crippen LogP contribution in [-0.2, 0) is 14.3 Å². The van der Waals surface area contributed by atoms with E-state index in [4.69, 9.17) is 4.74 Å². The normalized spacial score (nSPS) is 27.9. The Kier molecular flexibility index (Phi) is 5.15. The lowest BCUT2D eigenvalue weighted by Gasteiger charge is -2.36. The number of nitrogens with one attached hydrogen (secondary N) is 2. The highest BCUT2D eigenvalue weighted by Crippen LogP contribution is 2.12. The van der Waals surface area contributed by atoms with Crippen molar-refractivity contribution in [1.29, 1.82) is 0 Å². The number of hydrogen-bond donors (Lipinski definition) is 2. The first-order chi connectivity index (χ1) is 9.16. The van der Waals surface area contributed by atoms with Crippen molar-refractivity contribution in [3.8, 4) is 0 Å². The van der Waals surface area contributed by atoms with E-state index in [2.05, 4.69) is 10.6 Å². The second-order valence-electron chi connectivity index (χ2n) is 5.22. The van der Waals surface area contributed by atoms with Gasteiger partial charge in [-0.2, -0.15) is 0 Å². The molecule has 0 radical (unpaired) electrons. The predicted molar refractivity (Wildman–Crippen MR) is 70.6 cm³/mol. The fourth-order valence-electron chi connectivity index (χ4n) is 2.58. The van der Waals surface area contributed by atoms with Gasteiger partial charge in [0.25, 0.3) is 0 Å². The van der Waals surface area contributed by atoms with E-state index >= 15 is 0 Å². The van der Waals surface area contributed by atoms with Gasteiger partial charge in [-0.05, 0) is 19.4 Å². The molecule has 2 amide bonds. The number of carbonyl (C=O) groups excluding carboxylic acids is 2. The van der Waals surface area contributed by atoms with Gasteiger partial charge in [0.1, 0.15) is 0 Å². The number of piperidine rings is 1. The van der Waals surface area contributed by atoms with Crippen LogP contribution >= 0.6 is 0 Å². The molecule has 0 saturated carbocycles. The first-order valence-corrected chi connectivity index (χ1v) is 7.05. The molecule has 6 nitrogen and oxygen atoms in total. The molecule has 2 N–H and O–H groups in total. The van der Waals surface area contributed by atoms with Crippen molar-refractivity contribution in [2.75, 3.05) is 32.8 Å². The van der Waals surface area contributed by atoms with E-state index in [1.807, 2.05) is 4.90 Å². The maximum absolute atomic E-state index is 12.4. The highest BCUT2D eigenvalue weighted by atomic mass is 16.5. The van der Waals surface area contributed by atoms with E-state index in [0.29, 0.717) is 26.2 Å². The summed E-state index contributed by atoms with van der Waals surface area (Å²) < 4.78 is 5.57. The first-order valence-electron chi connectivity index (χ1n) is 7.05. The summed E-state index contributed by atoms with van der Waals surface area (Å²) in [5, 5.41) is 6.02. The molecule has 108 valence electrons. The van der Waals surface area contributed by atoms with Gasteiger partial charge >= 0.3 is 0 Å². The Morgan fingerprint density at radius 2 is 2.26 bits per heavy atom.